The topological polar surface area (TPSA) is 41.5 Å². The maximum Gasteiger partial charge on any atom is 0.123 e. The molecule has 0 saturated carbocycles. The van der Waals surface area contributed by atoms with E-state index < -0.39 is 0 Å². The maximum absolute atomic E-state index is 12.9. The molecule has 0 spiro atoms. The van der Waals surface area contributed by atoms with E-state index in [9.17, 15) is 9.50 Å². The van der Waals surface area contributed by atoms with Gasteiger partial charge in [0.05, 0.1) is 6.10 Å². The van der Waals surface area contributed by atoms with Crippen molar-refractivity contribution in [2.24, 2.45) is 0 Å². The fraction of sp³-hybridized carbons (Fsp3) is 0.400. The van der Waals surface area contributed by atoms with E-state index in [4.69, 9.17) is 4.74 Å². The Morgan fingerprint density at radius 3 is 2.67 bits per heavy atom. The standard InChI is InChI=1S/C20H24FNO2/c1-14(24-16-9-7-15(21)8-10-16)4-3-13-22-19-11-12-20(23)18-6-2-5-17(18)19/h7-12,14,22-23H,2-6,13H2,1H3. The molecule has 24 heavy (non-hydrogen) atoms. The smallest absolute Gasteiger partial charge is 0.123 e. The van der Waals surface area contributed by atoms with Gasteiger partial charge in [-0.3, -0.25) is 0 Å². The molecule has 1 unspecified atom stereocenters. The van der Waals surface area contributed by atoms with Gasteiger partial charge in [0, 0.05) is 12.2 Å². The Labute approximate surface area is 142 Å². The van der Waals surface area contributed by atoms with Crippen LogP contribution in [0.15, 0.2) is 36.4 Å². The van der Waals surface area contributed by atoms with Crippen molar-refractivity contribution in [1.29, 1.82) is 0 Å². The second-order valence-corrected chi connectivity index (χ2v) is 6.39. The van der Waals surface area contributed by atoms with Crippen LogP contribution in [0, 0.1) is 5.82 Å². The van der Waals surface area contributed by atoms with Gasteiger partial charge < -0.3 is 15.2 Å². The Morgan fingerprint density at radius 1 is 1.12 bits per heavy atom. The monoisotopic (exact) mass is 329 g/mol. The third-order valence-corrected chi connectivity index (χ3v) is 4.51. The molecule has 1 aliphatic carbocycles. The predicted molar refractivity (Wildman–Crippen MR) is 94.3 cm³/mol. The predicted octanol–water partition coefficient (Wildman–Crippen LogP) is 4.68. The summed E-state index contributed by atoms with van der Waals surface area (Å²) in [4.78, 5) is 0. The summed E-state index contributed by atoms with van der Waals surface area (Å²) < 4.78 is 18.7. The zero-order chi connectivity index (χ0) is 16.9. The second-order valence-electron chi connectivity index (χ2n) is 6.39. The SMILES string of the molecule is CC(CCCNc1ccc(O)c2c1CCC2)Oc1ccc(F)cc1. The Bertz CT molecular complexity index is 685. The molecule has 0 aliphatic heterocycles. The first-order valence-corrected chi connectivity index (χ1v) is 8.63. The van der Waals surface area contributed by atoms with Gasteiger partial charge in [-0.2, -0.15) is 0 Å². The molecular formula is C20H24FNO2. The molecule has 2 aromatic carbocycles. The van der Waals surface area contributed by atoms with E-state index in [1.54, 1.807) is 18.2 Å². The minimum atomic E-state index is -0.249. The van der Waals surface area contributed by atoms with Crippen LogP contribution in [0.3, 0.4) is 0 Å². The van der Waals surface area contributed by atoms with Crippen molar-refractivity contribution in [3.05, 3.63) is 53.3 Å². The van der Waals surface area contributed by atoms with Crippen LogP contribution in [0.5, 0.6) is 11.5 Å². The molecule has 128 valence electrons. The first kappa shape index (κ1) is 16.6. The molecule has 1 aliphatic rings. The molecule has 0 amide bonds. The highest BCUT2D eigenvalue weighted by Crippen LogP contribution is 2.35. The normalized spacial score (nSPS) is 14.2. The summed E-state index contributed by atoms with van der Waals surface area (Å²) in [5, 5.41) is 13.4. The molecule has 4 heteroatoms. The van der Waals surface area contributed by atoms with Crippen molar-refractivity contribution in [3.8, 4) is 11.5 Å². The third-order valence-electron chi connectivity index (χ3n) is 4.51. The van der Waals surface area contributed by atoms with Gasteiger partial charge in [0.2, 0.25) is 0 Å². The molecule has 0 aromatic heterocycles. The summed E-state index contributed by atoms with van der Waals surface area (Å²) in [5.74, 6) is 0.878. The second kappa shape index (κ2) is 7.56. The number of halogens is 1. The molecule has 0 fully saturated rings. The Hall–Kier alpha value is -2.23. The van der Waals surface area contributed by atoms with E-state index in [1.807, 2.05) is 13.0 Å². The molecule has 2 N–H and O–H groups in total. The van der Waals surface area contributed by atoms with E-state index >= 15 is 0 Å². The number of nitrogens with one attached hydrogen (secondary N) is 1. The van der Waals surface area contributed by atoms with Gasteiger partial charge in [-0.1, -0.05) is 0 Å². The van der Waals surface area contributed by atoms with Crippen LogP contribution in [0.1, 0.15) is 37.3 Å². The number of hydrogen-bond acceptors (Lipinski definition) is 3. The van der Waals surface area contributed by atoms with Gasteiger partial charge in [0.25, 0.3) is 0 Å². The van der Waals surface area contributed by atoms with E-state index in [1.165, 1.54) is 17.7 Å². The molecule has 1 atom stereocenters. The molecule has 3 nitrogen and oxygen atoms in total. The Morgan fingerprint density at radius 2 is 1.88 bits per heavy atom. The summed E-state index contributed by atoms with van der Waals surface area (Å²) in [6.45, 7) is 2.90. The van der Waals surface area contributed by atoms with Crippen LogP contribution in [0.4, 0.5) is 10.1 Å². The highest BCUT2D eigenvalue weighted by molar-refractivity contribution is 5.60. The van der Waals surface area contributed by atoms with Gasteiger partial charge in [-0.15, -0.1) is 0 Å². The molecule has 0 radical (unpaired) electrons. The number of anilines is 1. The van der Waals surface area contributed by atoms with E-state index in [0.29, 0.717) is 11.5 Å². The van der Waals surface area contributed by atoms with Crippen molar-refractivity contribution in [1.82, 2.24) is 0 Å². The van der Waals surface area contributed by atoms with Crippen LogP contribution in [-0.4, -0.2) is 17.8 Å². The van der Waals surface area contributed by atoms with Gasteiger partial charge in [0.15, 0.2) is 0 Å². The molecule has 0 saturated heterocycles. The number of aromatic hydroxyl groups is 1. The first-order chi connectivity index (χ1) is 11.6. The van der Waals surface area contributed by atoms with Crippen LogP contribution in [0.25, 0.3) is 0 Å². The lowest BCUT2D eigenvalue weighted by Gasteiger charge is -2.16. The average Bonchev–Trinajstić information content (AvgIpc) is 3.06. The van der Waals surface area contributed by atoms with Gasteiger partial charge in [0.1, 0.15) is 17.3 Å². The minimum Gasteiger partial charge on any atom is -0.508 e. The van der Waals surface area contributed by atoms with E-state index in [2.05, 4.69) is 5.32 Å². The summed E-state index contributed by atoms with van der Waals surface area (Å²) in [5.41, 5.74) is 3.52. The molecular weight excluding hydrogens is 305 g/mol. The number of hydrogen-bond donors (Lipinski definition) is 2. The zero-order valence-electron chi connectivity index (χ0n) is 14.0. The van der Waals surface area contributed by atoms with E-state index in [0.717, 1.165) is 49.9 Å². The first-order valence-electron chi connectivity index (χ1n) is 8.63. The van der Waals surface area contributed by atoms with Crippen molar-refractivity contribution >= 4 is 5.69 Å². The minimum absolute atomic E-state index is 0.0859. The fourth-order valence-corrected chi connectivity index (χ4v) is 3.27. The quantitative estimate of drug-likeness (QED) is 0.572. The number of phenols is 1. The van der Waals surface area contributed by atoms with Crippen LogP contribution in [-0.2, 0) is 12.8 Å². The summed E-state index contributed by atoms with van der Waals surface area (Å²) in [7, 11) is 0. The van der Waals surface area contributed by atoms with Crippen LogP contribution < -0.4 is 10.1 Å². The average molecular weight is 329 g/mol. The number of fused-ring (bicyclic) bond motifs is 1. The number of ether oxygens (including phenoxy) is 1. The molecule has 0 heterocycles. The summed E-state index contributed by atoms with van der Waals surface area (Å²) >= 11 is 0. The highest BCUT2D eigenvalue weighted by atomic mass is 19.1. The molecule has 2 aromatic rings. The maximum atomic E-state index is 12.9. The molecule has 0 bridgehead atoms. The van der Waals surface area contributed by atoms with Crippen LogP contribution >= 0.6 is 0 Å². The molecule has 3 rings (SSSR count). The van der Waals surface area contributed by atoms with Gasteiger partial charge in [-0.05, 0) is 86.6 Å². The number of benzene rings is 2. The van der Waals surface area contributed by atoms with E-state index in [-0.39, 0.29) is 11.9 Å². The van der Waals surface area contributed by atoms with Gasteiger partial charge >= 0.3 is 0 Å². The van der Waals surface area contributed by atoms with Crippen molar-refractivity contribution in [2.75, 3.05) is 11.9 Å². The van der Waals surface area contributed by atoms with Crippen molar-refractivity contribution in [3.63, 3.8) is 0 Å². The number of phenolic OH excluding ortho intramolecular Hbond substituents is 1. The summed E-state index contributed by atoms with van der Waals surface area (Å²) in [6, 6.07) is 9.89. The largest absolute Gasteiger partial charge is 0.508 e. The van der Waals surface area contributed by atoms with Gasteiger partial charge in [-0.25, -0.2) is 4.39 Å². The van der Waals surface area contributed by atoms with Crippen molar-refractivity contribution < 1.29 is 14.2 Å². The lowest BCUT2D eigenvalue weighted by Crippen LogP contribution is -2.14. The summed E-state index contributed by atoms with van der Waals surface area (Å²) in [6.07, 6.45) is 5.12. The highest BCUT2D eigenvalue weighted by Gasteiger charge is 2.18. The lowest BCUT2D eigenvalue weighted by atomic mass is 10.1. The third kappa shape index (κ3) is 3.99. The Kier molecular flexibility index (Phi) is 5.24. The number of rotatable bonds is 7. The van der Waals surface area contributed by atoms with Crippen LogP contribution in [0.2, 0.25) is 0 Å². The zero-order valence-corrected chi connectivity index (χ0v) is 14.0. The Balaban J connectivity index is 1.44. The fourth-order valence-electron chi connectivity index (χ4n) is 3.27. The lowest BCUT2D eigenvalue weighted by molar-refractivity contribution is 0.209. The van der Waals surface area contributed by atoms with Crippen molar-refractivity contribution in [2.45, 2.75) is 45.1 Å².